The normalized spacial score (nSPS) is 11.6. The number of aliphatic hydroxyl groups excluding tert-OH is 1. The zero-order valence-electron chi connectivity index (χ0n) is 13.4. The standard InChI is InChI=1S/C20H22OS/c1-15-13-16(2)20(17(3)14-15)22-12-11-19(21)10-9-18-7-5-4-6-8-18/h4-8,13-14,19,21H,9-10H2,1-3H3. The molecule has 0 saturated carbocycles. The fraction of sp³-hybridized carbons (Fsp3) is 0.300. The largest absolute Gasteiger partial charge is 0.380 e. The average molecular weight is 310 g/mol. The Morgan fingerprint density at radius 2 is 1.68 bits per heavy atom. The molecule has 0 amide bonds. The van der Waals surface area contributed by atoms with Crippen LogP contribution in [0.2, 0.25) is 0 Å². The molecule has 2 aromatic rings. The Morgan fingerprint density at radius 3 is 2.32 bits per heavy atom. The second kappa shape index (κ2) is 8.08. The molecule has 2 heteroatoms. The van der Waals surface area contributed by atoms with Gasteiger partial charge in [-0.2, -0.15) is 0 Å². The predicted octanol–water partition coefficient (Wildman–Crippen LogP) is 4.66. The third kappa shape index (κ3) is 4.94. The highest BCUT2D eigenvalue weighted by atomic mass is 32.2. The lowest BCUT2D eigenvalue weighted by atomic mass is 10.1. The van der Waals surface area contributed by atoms with Gasteiger partial charge in [0.15, 0.2) is 0 Å². The molecular formula is C20H22OS. The molecule has 0 spiro atoms. The summed E-state index contributed by atoms with van der Waals surface area (Å²) in [5.74, 6) is 2.94. The number of aliphatic hydroxyl groups is 1. The molecule has 1 unspecified atom stereocenters. The van der Waals surface area contributed by atoms with Crippen molar-refractivity contribution in [2.45, 2.75) is 44.6 Å². The van der Waals surface area contributed by atoms with Crippen LogP contribution in [0, 0.1) is 31.9 Å². The fourth-order valence-corrected chi connectivity index (χ4v) is 3.23. The van der Waals surface area contributed by atoms with Gasteiger partial charge in [0.1, 0.15) is 6.10 Å². The van der Waals surface area contributed by atoms with Crippen LogP contribution < -0.4 is 0 Å². The molecule has 0 aliphatic heterocycles. The Kier molecular flexibility index (Phi) is 6.12. The van der Waals surface area contributed by atoms with E-state index in [0.29, 0.717) is 6.42 Å². The number of hydrogen-bond acceptors (Lipinski definition) is 2. The number of rotatable bonds is 4. The fourth-order valence-electron chi connectivity index (χ4n) is 2.50. The quantitative estimate of drug-likeness (QED) is 0.655. The Labute approximate surface area is 137 Å². The van der Waals surface area contributed by atoms with Crippen molar-refractivity contribution in [3.63, 3.8) is 0 Å². The van der Waals surface area contributed by atoms with Crippen molar-refractivity contribution >= 4 is 11.8 Å². The molecule has 0 aliphatic carbocycles. The van der Waals surface area contributed by atoms with Crippen molar-refractivity contribution in [1.29, 1.82) is 0 Å². The summed E-state index contributed by atoms with van der Waals surface area (Å²) in [6, 6.07) is 14.5. The topological polar surface area (TPSA) is 20.2 Å². The van der Waals surface area contributed by atoms with E-state index in [-0.39, 0.29) is 0 Å². The van der Waals surface area contributed by atoms with E-state index in [9.17, 15) is 5.11 Å². The van der Waals surface area contributed by atoms with Gasteiger partial charge in [-0.25, -0.2) is 0 Å². The maximum absolute atomic E-state index is 9.98. The van der Waals surface area contributed by atoms with Gasteiger partial charge < -0.3 is 5.11 Å². The molecule has 1 N–H and O–H groups in total. The summed E-state index contributed by atoms with van der Waals surface area (Å²) in [6.45, 7) is 6.32. The van der Waals surface area contributed by atoms with Gasteiger partial charge >= 0.3 is 0 Å². The summed E-state index contributed by atoms with van der Waals surface area (Å²) in [4.78, 5) is 1.20. The minimum atomic E-state index is -0.571. The van der Waals surface area contributed by atoms with E-state index in [4.69, 9.17) is 0 Å². The van der Waals surface area contributed by atoms with Crippen LogP contribution in [0.4, 0.5) is 0 Å². The molecule has 22 heavy (non-hydrogen) atoms. The Balaban J connectivity index is 1.91. The van der Waals surface area contributed by atoms with Crippen molar-refractivity contribution < 1.29 is 5.11 Å². The van der Waals surface area contributed by atoms with Gasteiger partial charge in [0, 0.05) is 4.90 Å². The molecule has 0 fully saturated rings. The summed E-state index contributed by atoms with van der Waals surface area (Å²) in [5.41, 5.74) is 5.00. The van der Waals surface area contributed by atoms with Gasteiger partial charge in [-0.05, 0) is 67.3 Å². The second-order valence-electron chi connectivity index (χ2n) is 5.62. The molecule has 2 rings (SSSR count). The maximum Gasteiger partial charge on any atom is 0.115 e. The lowest BCUT2D eigenvalue weighted by Gasteiger charge is -2.07. The van der Waals surface area contributed by atoms with Crippen LogP contribution in [0.5, 0.6) is 0 Å². The highest BCUT2D eigenvalue weighted by Crippen LogP contribution is 2.26. The van der Waals surface area contributed by atoms with Gasteiger partial charge in [-0.3, -0.25) is 0 Å². The highest BCUT2D eigenvalue weighted by Gasteiger charge is 2.04. The van der Waals surface area contributed by atoms with Crippen molar-refractivity contribution in [1.82, 2.24) is 0 Å². The van der Waals surface area contributed by atoms with E-state index in [0.717, 1.165) is 6.42 Å². The summed E-state index contributed by atoms with van der Waals surface area (Å²) in [5, 5.41) is 13.0. The van der Waals surface area contributed by atoms with Crippen molar-refractivity contribution in [2.24, 2.45) is 0 Å². The van der Waals surface area contributed by atoms with Gasteiger partial charge in [0.2, 0.25) is 0 Å². The van der Waals surface area contributed by atoms with Crippen LogP contribution in [-0.2, 0) is 6.42 Å². The molecule has 1 atom stereocenters. The SMILES string of the molecule is Cc1cc(C)c(SC#CC(O)CCc2ccccc2)c(C)c1. The van der Waals surface area contributed by atoms with E-state index < -0.39 is 6.10 Å². The van der Waals surface area contributed by atoms with Gasteiger partial charge in [0.25, 0.3) is 0 Å². The van der Waals surface area contributed by atoms with Crippen LogP contribution >= 0.6 is 11.8 Å². The minimum Gasteiger partial charge on any atom is -0.380 e. The van der Waals surface area contributed by atoms with Crippen molar-refractivity contribution in [3.8, 4) is 11.2 Å². The van der Waals surface area contributed by atoms with Gasteiger partial charge in [0.05, 0.1) is 0 Å². The number of thioether (sulfide) groups is 1. The minimum absolute atomic E-state index is 0.571. The number of aryl methyl sites for hydroxylation is 4. The third-order valence-corrected chi connectivity index (χ3v) is 4.60. The van der Waals surface area contributed by atoms with E-state index in [1.165, 1.54) is 38.9 Å². The summed E-state index contributed by atoms with van der Waals surface area (Å²) < 4.78 is 0. The van der Waals surface area contributed by atoms with E-state index >= 15 is 0 Å². The first-order valence-electron chi connectivity index (χ1n) is 7.53. The molecular weight excluding hydrogens is 288 g/mol. The first-order valence-corrected chi connectivity index (χ1v) is 8.35. The average Bonchev–Trinajstić information content (AvgIpc) is 2.49. The molecule has 0 aromatic heterocycles. The molecule has 0 radical (unpaired) electrons. The molecule has 0 bridgehead atoms. The molecule has 0 heterocycles. The van der Waals surface area contributed by atoms with Crippen LogP contribution in [0.15, 0.2) is 47.4 Å². The summed E-state index contributed by atoms with van der Waals surface area (Å²) in [7, 11) is 0. The lowest BCUT2D eigenvalue weighted by molar-refractivity contribution is 0.222. The second-order valence-corrected chi connectivity index (χ2v) is 6.43. The Morgan fingerprint density at radius 1 is 1.05 bits per heavy atom. The Bertz CT molecular complexity index is 657. The van der Waals surface area contributed by atoms with Crippen LogP contribution in [-0.4, -0.2) is 11.2 Å². The van der Waals surface area contributed by atoms with Gasteiger partial charge in [-0.15, -0.1) is 0 Å². The Hall–Kier alpha value is -1.69. The number of hydrogen-bond donors (Lipinski definition) is 1. The summed E-state index contributed by atoms with van der Waals surface area (Å²) >= 11 is 1.51. The lowest BCUT2D eigenvalue weighted by Crippen LogP contribution is -2.04. The van der Waals surface area contributed by atoms with E-state index in [1.54, 1.807) is 0 Å². The van der Waals surface area contributed by atoms with Crippen molar-refractivity contribution in [2.75, 3.05) is 0 Å². The van der Waals surface area contributed by atoms with Crippen LogP contribution in [0.3, 0.4) is 0 Å². The number of benzene rings is 2. The van der Waals surface area contributed by atoms with E-state index in [2.05, 4.69) is 56.2 Å². The van der Waals surface area contributed by atoms with Gasteiger partial charge in [-0.1, -0.05) is 53.9 Å². The zero-order valence-corrected chi connectivity index (χ0v) is 14.2. The molecule has 1 nitrogen and oxygen atoms in total. The molecule has 114 valence electrons. The smallest absolute Gasteiger partial charge is 0.115 e. The molecule has 0 saturated heterocycles. The maximum atomic E-state index is 9.98. The zero-order chi connectivity index (χ0) is 15.9. The first-order chi connectivity index (χ1) is 10.6. The van der Waals surface area contributed by atoms with Crippen LogP contribution in [0.1, 0.15) is 28.7 Å². The molecule has 0 aliphatic rings. The van der Waals surface area contributed by atoms with Crippen LogP contribution in [0.25, 0.3) is 0 Å². The van der Waals surface area contributed by atoms with E-state index in [1.807, 2.05) is 18.2 Å². The van der Waals surface area contributed by atoms with Crippen molar-refractivity contribution in [3.05, 3.63) is 64.7 Å². The highest BCUT2D eigenvalue weighted by molar-refractivity contribution is 8.04. The molecule has 2 aromatic carbocycles. The summed E-state index contributed by atoms with van der Waals surface area (Å²) in [6.07, 6.45) is 0.951. The third-order valence-electron chi connectivity index (χ3n) is 3.53. The first kappa shape index (κ1) is 16.7. The predicted molar refractivity (Wildman–Crippen MR) is 95.1 cm³/mol. The monoisotopic (exact) mass is 310 g/mol.